The first kappa shape index (κ1) is 13.9. The highest BCUT2D eigenvalue weighted by Crippen LogP contribution is 2.21. The van der Waals surface area contributed by atoms with Crippen LogP contribution in [0.3, 0.4) is 0 Å². The number of aromatic nitrogens is 2. The van der Waals surface area contributed by atoms with Gasteiger partial charge in [0.05, 0.1) is 17.6 Å². The van der Waals surface area contributed by atoms with Crippen LogP contribution >= 0.6 is 15.9 Å². The number of aryl methyl sites for hydroxylation is 1. The van der Waals surface area contributed by atoms with E-state index in [1.54, 1.807) is 10.7 Å². The quantitative estimate of drug-likeness (QED) is 0.674. The van der Waals surface area contributed by atoms with Crippen molar-refractivity contribution in [2.24, 2.45) is 7.05 Å². The van der Waals surface area contributed by atoms with Gasteiger partial charge in [0, 0.05) is 22.5 Å². The lowest BCUT2D eigenvalue weighted by molar-refractivity contribution is 0.0991. The molecule has 0 saturated carbocycles. The van der Waals surface area contributed by atoms with E-state index in [1.165, 1.54) is 12.1 Å². The molecule has 0 saturated heterocycles. The van der Waals surface area contributed by atoms with E-state index in [0.717, 1.165) is 10.9 Å². The number of para-hydroxylation sites is 1. The minimum Gasteiger partial charge on any atom is -0.294 e. The summed E-state index contributed by atoms with van der Waals surface area (Å²) in [5.74, 6) is -0.586. The van der Waals surface area contributed by atoms with Gasteiger partial charge in [-0.1, -0.05) is 34.1 Å². The summed E-state index contributed by atoms with van der Waals surface area (Å²) in [7, 11) is 1.84. The van der Waals surface area contributed by atoms with Crippen molar-refractivity contribution in [2.75, 3.05) is 0 Å². The maximum Gasteiger partial charge on any atom is 0.169 e. The summed E-state index contributed by atoms with van der Waals surface area (Å²) in [6.07, 6.45) is 0.150. The first-order valence-corrected chi connectivity index (χ1v) is 7.24. The summed E-state index contributed by atoms with van der Waals surface area (Å²) in [4.78, 5) is 12.3. The third kappa shape index (κ3) is 2.74. The lowest BCUT2D eigenvalue weighted by atomic mass is 10.0. The fraction of sp³-hybridized carbons (Fsp3) is 0.125. The average molecular weight is 347 g/mol. The molecule has 3 aromatic rings. The third-order valence-electron chi connectivity index (χ3n) is 3.35. The largest absolute Gasteiger partial charge is 0.294 e. The molecule has 5 heteroatoms. The second-order valence-electron chi connectivity index (χ2n) is 4.85. The SMILES string of the molecule is Cn1nc(CC(=O)c2cc(F)cc(Br)c2)c2ccccc21. The second kappa shape index (κ2) is 5.41. The van der Waals surface area contributed by atoms with Crippen LogP contribution in [0, 0.1) is 5.82 Å². The molecule has 0 bridgehead atoms. The Morgan fingerprint density at radius 3 is 2.81 bits per heavy atom. The van der Waals surface area contributed by atoms with Crippen molar-refractivity contribution in [3.8, 4) is 0 Å². The molecule has 0 aliphatic rings. The average Bonchev–Trinajstić information content (AvgIpc) is 2.75. The Morgan fingerprint density at radius 2 is 2.05 bits per heavy atom. The number of hydrogen-bond donors (Lipinski definition) is 0. The predicted molar refractivity (Wildman–Crippen MR) is 82.8 cm³/mol. The standard InChI is InChI=1S/C16H12BrFN2O/c1-20-15-5-3-2-4-13(15)14(19-20)9-16(21)10-6-11(17)8-12(18)7-10/h2-8H,9H2,1H3. The van der Waals surface area contributed by atoms with E-state index in [4.69, 9.17) is 0 Å². The summed E-state index contributed by atoms with van der Waals surface area (Å²) < 4.78 is 15.7. The first-order valence-electron chi connectivity index (χ1n) is 6.44. The molecule has 0 amide bonds. The van der Waals surface area contributed by atoms with E-state index in [1.807, 2.05) is 31.3 Å². The van der Waals surface area contributed by atoms with Gasteiger partial charge in [0.2, 0.25) is 0 Å². The Hall–Kier alpha value is -2.01. The van der Waals surface area contributed by atoms with E-state index in [2.05, 4.69) is 21.0 Å². The molecule has 1 heterocycles. The lowest BCUT2D eigenvalue weighted by Crippen LogP contribution is -2.05. The molecule has 0 spiro atoms. The zero-order valence-electron chi connectivity index (χ0n) is 11.3. The Morgan fingerprint density at radius 1 is 1.29 bits per heavy atom. The predicted octanol–water partition coefficient (Wildman–Crippen LogP) is 3.90. The van der Waals surface area contributed by atoms with Crippen LogP contribution in [-0.4, -0.2) is 15.6 Å². The molecule has 1 aromatic heterocycles. The van der Waals surface area contributed by atoms with Crippen molar-refractivity contribution in [2.45, 2.75) is 6.42 Å². The van der Waals surface area contributed by atoms with Gasteiger partial charge in [0.1, 0.15) is 5.82 Å². The Balaban J connectivity index is 1.96. The number of benzene rings is 2. The zero-order chi connectivity index (χ0) is 15.0. The molecule has 2 aromatic carbocycles. The van der Waals surface area contributed by atoms with Crippen LogP contribution in [0.25, 0.3) is 10.9 Å². The van der Waals surface area contributed by atoms with Gasteiger partial charge in [-0.05, 0) is 24.3 Å². The highest BCUT2D eigenvalue weighted by atomic mass is 79.9. The van der Waals surface area contributed by atoms with Crippen LogP contribution in [0.1, 0.15) is 16.1 Å². The molecule has 21 heavy (non-hydrogen) atoms. The molecule has 106 valence electrons. The van der Waals surface area contributed by atoms with Gasteiger partial charge in [-0.3, -0.25) is 9.48 Å². The Kier molecular flexibility index (Phi) is 3.59. The fourth-order valence-corrected chi connectivity index (χ4v) is 2.85. The van der Waals surface area contributed by atoms with Crippen LogP contribution in [0.4, 0.5) is 4.39 Å². The van der Waals surface area contributed by atoms with Gasteiger partial charge in [0.15, 0.2) is 5.78 Å². The van der Waals surface area contributed by atoms with Gasteiger partial charge in [-0.25, -0.2) is 4.39 Å². The van der Waals surface area contributed by atoms with Gasteiger partial charge >= 0.3 is 0 Å². The van der Waals surface area contributed by atoms with Gasteiger partial charge in [-0.15, -0.1) is 0 Å². The van der Waals surface area contributed by atoms with Crippen molar-refractivity contribution >= 4 is 32.6 Å². The lowest BCUT2D eigenvalue weighted by Gasteiger charge is -2.01. The monoisotopic (exact) mass is 346 g/mol. The molecular weight excluding hydrogens is 335 g/mol. The normalized spacial score (nSPS) is 11.0. The van der Waals surface area contributed by atoms with Crippen molar-refractivity contribution in [1.29, 1.82) is 0 Å². The second-order valence-corrected chi connectivity index (χ2v) is 5.76. The molecule has 0 N–H and O–H groups in total. The molecule has 0 aliphatic heterocycles. The molecule has 0 atom stereocenters. The molecule has 0 unspecified atom stereocenters. The van der Waals surface area contributed by atoms with Gasteiger partial charge in [-0.2, -0.15) is 5.10 Å². The zero-order valence-corrected chi connectivity index (χ0v) is 12.9. The smallest absolute Gasteiger partial charge is 0.169 e. The number of rotatable bonds is 3. The van der Waals surface area contributed by atoms with Gasteiger partial charge in [0.25, 0.3) is 0 Å². The maximum absolute atomic E-state index is 13.4. The highest BCUT2D eigenvalue weighted by Gasteiger charge is 2.14. The number of hydrogen-bond acceptors (Lipinski definition) is 2. The summed E-state index contributed by atoms with van der Waals surface area (Å²) in [5, 5.41) is 5.34. The van der Waals surface area contributed by atoms with Crippen LogP contribution in [0.15, 0.2) is 46.9 Å². The molecule has 3 rings (SSSR count). The number of ketones is 1. The number of nitrogens with zero attached hydrogens (tertiary/aromatic N) is 2. The third-order valence-corrected chi connectivity index (χ3v) is 3.80. The molecule has 0 aliphatic carbocycles. The maximum atomic E-state index is 13.4. The number of Topliss-reactive ketones (excluding diaryl/α,β-unsaturated/α-hetero) is 1. The first-order chi connectivity index (χ1) is 10.0. The fourth-order valence-electron chi connectivity index (χ4n) is 2.39. The van der Waals surface area contributed by atoms with E-state index in [-0.39, 0.29) is 12.2 Å². The van der Waals surface area contributed by atoms with Crippen molar-refractivity contribution < 1.29 is 9.18 Å². The van der Waals surface area contributed by atoms with Crippen molar-refractivity contribution in [1.82, 2.24) is 9.78 Å². The Labute approximate surface area is 129 Å². The molecule has 0 fully saturated rings. The van der Waals surface area contributed by atoms with E-state index in [9.17, 15) is 9.18 Å². The summed E-state index contributed by atoms with van der Waals surface area (Å²) in [6.45, 7) is 0. The molecule has 0 radical (unpaired) electrons. The number of carbonyl (C=O) groups is 1. The van der Waals surface area contributed by atoms with Crippen LogP contribution in [-0.2, 0) is 13.5 Å². The number of fused-ring (bicyclic) bond motifs is 1. The molecular formula is C16H12BrFN2O. The van der Waals surface area contributed by atoms with Gasteiger partial charge < -0.3 is 0 Å². The topological polar surface area (TPSA) is 34.9 Å². The number of carbonyl (C=O) groups excluding carboxylic acids is 1. The number of halogens is 2. The summed E-state index contributed by atoms with van der Waals surface area (Å²) in [5.41, 5.74) is 2.02. The summed E-state index contributed by atoms with van der Waals surface area (Å²) >= 11 is 3.20. The van der Waals surface area contributed by atoms with Crippen LogP contribution < -0.4 is 0 Å². The van der Waals surface area contributed by atoms with E-state index >= 15 is 0 Å². The summed E-state index contributed by atoms with van der Waals surface area (Å²) in [6, 6.07) is 11.9. The van der Waals surface area contributed by atoms with Crippen LogP contribution in [0.2, 0.25) is 0 Å². The Bertz CT molecular complexity index is 821. The van der Waals surface area contributed by atoms with E-state index < -0.39 is 5.82 Å². The van der Waals surface area contributed by atoms with Crippen molar-refractivity contribution in [3.63, 3.8) is 0 Å². The van der Waals surface area contributed by atoms with E-state index in [0.29, 0.717) is 15.7 Å². The minimum atomic E-state index is -0.432. The minimum absolute atomic E-state index is 0.150. The van der Waals surface area contributed by atoms with Crippen LogP contribution in [0.5, 0.6) is 0 Å². The van der Waals surface area contributed by atoms with Crippen molar-refractivity contribution in [3.05, 3.63) is 64.0 Å². The molecule has 3 nitrogen and oxygen atoms in total. The highest BCUT2D eigenvalue weighted by molar-refractivity contribution is 9.10.